The summed E-state index contributed by atoms with van der Waals surface area (Å²) in [5.41, 5.74) is 11.1. The fraction of sp³-hybridized carbons (Fsp3) is 0.500. The molecule has 4 amide bonds. The summed E-state index contributed by atoms with van der Waals surface area (Å²) in [4.78, 5) is 99.0. The van der Waals surface area contributed by atoms with Crippen LogP contribution in [-0.2, 0) is 47.8 Å². The predicted molar refractivity (Wildman–Crippen MR) is 173 cm³/mol. The molecule has 0 saturated heterocycles. The van der Waals surface area contributed by atoms with Crippen molar-refractivity contribution in [2.24, 2.45) is 11.5 Å². The van der Waals surface area contributed by atoms with Gasteiger partial charge in [-0.25, -0.2) is 4.98 Å². The number of carboxylic acids is 2. The second-order valence-electron chi connectivity index (χ2n) is 9.51. The van der Waals surface area contributed by atoms with Crippen molar-refractivity contribution in [3.8, 4) is 0 Å². The molecule has 1 aromatic heterocycles. The molecule has 1 heterocycles. The monoisotopic (exact) mass is 735 g/mol. The van der Waals surface area contributed by atoms with E-state index in [-0.39, 0.29) is 37.2 Å². The van der Waals surface area contributed by atoms with Crippen molar-refractivity contribution in [1.82, 2.24) is 26.3 Å². The maximum Gasteiger partial charge on any atom is 0.328 e. The molecule has 0 aromatic carbocycles. The maximum absolute atomic E-state index is 12.8. The number of aliphatic carboxylic acids is 2. The summed E-state index contributed by atoms with van der Waals surface area (Å²) < 4.78 is 9.52. The Morgan fingerprint density at radius 3 is 2.04 bits per heavy atom. The van der Waals surface area contributed by atoms with E-state index in [0.717, 1.165) is 0 Å². The molecule has 0 fully saturated rings. The van der Waals surface area contributed by atoms with Crippen molar-refractivity contribution in [1.29, 1.82) is 0 Å². The van der Waals surface area contributed by atoms with Gasteiger partial charge in [-0.1, -0.05) is 16.9 Å². The molecule has 0 bridgehead atoms. The third-order valence-electron chi connectivity index (χ3n) is 5.73. The summed E-state index contributed by atoms with van der Waals surface area (Å²) >= 11 is 3.94. The number of hydrogen-bond acceptors (Lipinski definition) is 16. The second-order valence-corrected chi connectivity index (χ2v) is 12.2. The minimum atomic E-state index is -1.31. The molecule has 0 spiro atoms. The van der Waals surface area contributed by atoms with Crippen LogP contribution in [0.5, 0.6) is 0 Å². The standard InChI is InChI=1S/C26H37N7O12S3/c27-14(25(41)42)4-6-19(35)33-17(12-47-48-20-3-1-2-8-29-20)24(40)31-10-22(38)44-13-45-26(43)15(28)5-7-18(34)32-16(11-46)23(39)30-9-21(36)37/h1-3,8,14-17,46H,4-7,9-13,27-28H2,(H,30,39)(H,31,40)(H,32,34)(H,33,35)(H,36,37)(H,41,42). The molecule has 266 valence electrons. The largest absolute Gasteiger partial charge is 0.480 e. The van der Waals surface area contributed by atoms with E-state index in [1.165, 1.54) is 21.6 Å². The quantitative estimate of drug-likeness (QED) is 0.0240. The Balaban J connectivity index is 2.50. The summed E-state index contributed by atoms with van der Waals surface area (Å²) in [5.74, 6) is -7.49. The molecular weight excluding hydrogens is 699 g/mol. The van der Waals surface area contributed by atoms with Crippen molar-refractivity contribution in [3.05, 3.63) is 24.4 Å². The summed E-state index contributed by atoms with van der Waals surface area (Å²) in [6.45, 7) is -2.17. The van der Waals surface area contributed by atoms with Gasteiger partial charge in [-0.2, -0.15) is 12.6 Å². The number of hydrogen-bond donors (Lipinski definition) is 9. The number of pyridine rings is 1. The fourth-order valence-electron chi connectivity index (χ4n) is 3.16. The molecule has 4 atom stereocenters. The van der Waals surface area contributed by atoms with Crippen LogP contribution in [0.2, 0.25) is 0 Å². The molecule has 4 unspecified atom stereocenters. The van der Waals surface area contributed by atoms with Crippen LogP contribution in [0.4, 0.5) is 0 Å². The van der Waals surface area contributed by atoms with Crippen molar-refractivity contribution >= 4 is 81.7 Å². The molecule has 0 aliphatic rings. The highest BCUT2D eigenvalue weighted by Gasteiger charge is 2.24. The predicted octanol–water partition coefficient (Wildman–Crippen LogP) is -2.62. The number of carbonyl (C=O) groups is 8. The SMILES string of the molecule is NC(CCC(=O)NC(CSSc1ccccn1)C(=O)NCC(=O)OCOC(=O)C(N)CCC(=O)NC(CS)C(=O)NCC(=O)O)C(=O)O. The second kappa shape index (κ2) is 23.2. The average molecular weight is 736 g/mol. The first-order valence-electron chi connectivity index (χ1n) is 14.0. The van der Waals surface area contributed by atoms with Crippen LogP contribution >= 0.6 is 34.2 Å². The zero-order valence-corrected chi connectivity index (χ0v) is 27.9. The van der Waals surface area contributed by atoms with Gasteiger partial charge in [0, 0.05) is 30.5 Å². The maximum atomic E-state index is 12.8. The van der Waals surface area contributed by atoms with Gasteiger partial charge in [0.2, 0.25) is 30.4 Å². The van der Waals surface area contributed by atoms with Crippen LogP contribution in [0.15, 0.2) is 29.4 Å². The Bertz CT molecular complexity index is 1280. The van der Waals surface area contributed by atoms with Crippen LogP contribution in [-0.4, -0.2) is 118 Å². The van der Waals surface area contributed by atoms with Gasteiger partial charge in [-0.05, 0) is 35.8 Å². The number of nitrogens with two attached hydrogens (primary N) is 2. The molecule has 1 aromatic rings. The number of amides is 4. The van der Waals surface area contributed by atoms with Crippen LogP contribution in [0.25, 0.3) is 0 Å². The fourth-order valence-corrected chi connectivity index (χ4v) is 5.49. The van der Waals surface area contributed by atoms with Gasteiger partial charge in [-0.15, -0.1) is 0 Å². The zero-order chi connectivity index (χ0) is 36.1. The molecule has 0 radical (unpaired) electrons. The minimum absolute atomic E-state index is 0.0413. The molecule has 10 N–H and O–H groups in total. The number of carboxylic acid groups (broad SMARTS) is 2. The highest BCUT2D eigenvalue weighted by Crippen LogP contribution is 2.29. The molecule has 0 aliphatic heterocycles. The number of rotatable bonds is 23. The zero-order valence-electron chi connectivity index (χ0n) is 25.3. The van der Waals surface area contributed by atoms with E-state index in [4.69, 9.17) is 31.2 Å². The third kappa shape index (κ3) is 18.3. The van der Waals surface area contributed by atoms with Gasteiger partial charge in [0.15, 0.2) is 0 Å². The third-order valence-corrected chi connectivity index (χ3v) is 8.37. The number of nitrogens with zero attached hydrogens (tertiary/aromatic N) is 1. The smallest absolute Gasteiger partial charge is 0.328 e. The summed E-state index contributed by atoms with van der Waals surface area (Å²) in [7, 11) is 2.43. The van der Waals surface area contributed by atoms with Gasteiger partial charge in [0.25, 0.3) is 0 Å². The molecule has 0 saturated carbocycles. The Hall–Kier alpha value is -4.12. The lowest BCUT2D eigenvalue weighted by atomic mass is 10.1. The Labute approximate surface area is 287 Å². The van der Waals surface area contributed by atoms with E-state index < -0.39 is 91.6 Å². The highest BCUT2D eigenvalue weighted by atomic mass is 33.1. The Morgan fingerprint density at radius 2 is 1.46 bits per heavy atom. The van der Waals surface area contributed by atoms with Crippen LogP contribution < -0.4 is 32.7 Å². The Kier molecular flexibility index (Phi) is 20.3. The molecular formula is C26H37N7O12S3. The first-order chi connectivity index (χ1) is 22.7. The van der Waals surface area contributed by atoms with Crippen molar-refractivity contribution in [2.45, 2.75) is 54.9 Å². The summed E-state index contributed by atoms with van der Waals surface area (Å²) in [5, 5.41) is 27.4. The molecule has 19 nitrogen and oxygen atoms in total. The topological polar surface area (TPSA) is 309 Å². The van der Waals surface area contributed by atoms with Gasteiger partial charge < -0.3 is 52.4 Å². The molecule has 22 heteroatoms. The molecule has 48 heavy (non-hydrogen) atoms. The lowest BCUT2D eigenvalue weighted by molar-refractivity contribution is -0.168. The number of ether oxygens (including phenoxy) is 2. The molecule has 1 rings (SSSR count). The summed E-state index contributed by atoms with van der Waals surface area (Å²) in [6.07, 6.45) is 0.628. The number of carbonyl (C=O) groups excluding carboxylic acids is 6. The van der Waals surface area contributed by atoms with Crippen LogP contribution in [0.3, 0.4) is 0 Å². The van der Waals surface area contributed by atoms with E-state index >= 15 is 0 Å². The first kappa shape index (κ1) is 41.9. The summed E-state index contributed by atoms with van der Waals surface area (Å²) in [6, 6.07) is 0.397. The van der Waals surface area contributed by atoms with Gasteiger partial charge in [0.1, 0.15) is 42.3 Å². The number of aromatic nitrogens is 1. The van der Waals surface area contributed by atoms with Crippen LogP contribution in [0.1, 0.15) is 25.7 Å². The lowest BCUT2D eigenvalue weighted by Crippen LogP contribution is -2.49. The molecule has 0 aliphatic carbocycles. The highest BCUT2D eigenvalue weighted by molar-refractivity contribution is 8.76. The number of nitrogens with one attached hydrogen (secondary N) is 4. The van der Waals surface area contributed by atoms with Gasteiger partial charge >= 0.3 is 23.9 Å². The van der Waals surface area contributed by atoms with E-state index in [9.17, 15) is 38.4 Å². The number of thiol groups is 1. The lowest BCUT2D eigenvalue weighted by Gasteiger charge is -2.18. The normalized spacial score (nSPS) is 13.1. The van der Waals surface area contributed by atoms with E-state index in [0.29, 0.717) is 5.03 Å². The van der Waals surface area contributed by atoms with E-state index in [1.54, 1.807) is 24.4 Å². The Morgan fingerprint density at radius 1 is 0.854 bits per heavy atom. The van der Waals surface area contributed by atoms with Gasteiger partial charge in [-0.3, -0.25) is 38.4 Å². The van der Waals surface area contributed by atoms with E-state index in [2.05, 4.69) is 38.9 Å². The number of esters is 2. The van der Waals surface area contributed by atoms with Crippen molar-refractivity contribution < 1.29 is 58.0 Å². The minimum Gasteiger partial charge on any atom is -0.480 e. The van der Waals surface area contributed by atoms with Crippen molar-refractivity contribution in [2.75, 3.05) is 31.4 Å². The van der Waals surface area contributed by atoms with E-state index in [1.807, 2.05) is 0 Å². The average Bonchev–Trinajstić information content (AvgIpc) is 3.05. The van der Waals surface area contributed by atoms with Gasteiger partial charge in [0.05, 0.1) is 0 Å². The van der Waals surface area contributed by atoms with Crippen LogP contribution in [0, 0.1) is 0 Å². The first-order valence-corrected chi connectivity index (χ1v) is 16.9. The van der Waals surface area contributed by atoms with Crippen molar-refractivity contribution in [3.63, 3.8) is 0 Å².